The van der Waals surface area contributed by atoms with E-state index >= 15 is 0 Å². The Morgan fingerprint density at radius 1 is 0.478 bits per heavy atom. The molecule has 4 aromatic carbocycles. The monoisotopic (exact) mass is 644 g/mol. The standard InChI is InChI=1S/C36H32N6O2S2/c43-31(27-15-5-1-6-16-27)25-45-35-39-37-33(41(35)29-19-9-3-10-20-29)23-13-14-24-34-38-40-36(42(34)30-21-11-4-12-22-30)46-26-32(44)28-17-7-2-8-18-28/h1-12,15-22H,13-14,23-26H2. The Hall–Kier alpha value is -4.80. The summed E-state index contributed by atoms with van der Waals surface area (Å²) >= 11 is 2.80. The van der Waals surface area contributed by atoms with E-state index in [4.69, 9.17) is 0 Å². The van der Waals surface area contributed by atoms with Crippen LogP contribution in [0.2, 0.25) is 0 Å². The van der Waals surface area contributed by atoms with E-state index in [1.54, 1.807) is 0 Å². The summed E-state index contributed by atoms with van der Waals surface area (Å²) in [5.41, 5.74) is 3.31. The van der Waals surface area contributed by atoms with Crippen molar-refractivity contribution >= 4 is 35.1 Å². The van der Waals surface area contributed by atoms with Crippen molar-refractivity contribution in [2.24, 2.45) is 0 Å². The zero-order valence-electron chi connectivity index (χ0n) is 25.1. The highest BCUT2D eigenvalue weighted by molar-refractivity contribution is 8.00. The second-order valence-corrected chi connectivity index (χ2v) is 12.4. The minimum absolute atomic E-state index is 0.0549. The lowest BCUT2D eigenvalue weighted by atomic mass is 10.1. The third kappa shape index (κ3) is 7.70. The van der Waals surface area contributed by atoms with Gasteiger partial charge in [-0.3, -0.25) is 18.7 Å². The molecular formula is C36H32N6O2S2. The summed E-state index contributed by atoms with van der Waals surface area (Å²) in [7, 11) is 0. The number of carbonyl (C=O) groups is 2. The molecule has 8 nitrogen and oxygen atoms in total. The van der Waals surface area contributed by atoms with E-state index < -0.39 is 0 Å². The number of aryl methyl sites for hydroxylation is 2. The van der Waals surface area contributed by atoms with Crippen LogP contribution in [0.4, 0.5) is 0 Å². The number of Topliss-reactive ketones (excluding diaryl/α,β-unsaturated/α-hetero) is 2. The van der Waals surface area contributed by atoms with Gasteiger partial charge in [0.15, 0.2) is 21.9 Å². The van der Waals surface area contributed by atoms with Gasteiger partial charge in [0.25, 0.3) is 0 Å². The van der Waals surface area contributed by atoms with E-state index in [1.807, 2.05) is 130 Å². The van der Waals surface area contributed by atoms with Crippen LogP contribution in [-0.2, 0) is 12.8 Å². The molecule has 0 aliphatic heterocycles. The molecule has 0 unspecified atom stereocenters. The third-order valence-corrected chi connectivity index (χ3v) is 9.19. The second-order valence-electron chi connectivity index (χ2n) is 10.5. The minimum Gasteiger partial charge on any atom is -0.293 e. The van der Waals surface area contributed by atoms with Gasteiger partial charge >= 0.3 is 0 Å². The number of thioether (sulfide) groups is 2. The van der Waals surface area contributed by atoms with Crippen LogP contribution in [0.15, 0.2) is 132 Å². The number of aromatic nitrogens is 6. The topological polar surface area (TPSA) is 95.6 Å². The fraction of sp³-hybridized carbons (Fsp3) is 0.167. The van der Waals surface area contributed by atoms with Crippen molar-refractivity contribution in [3.63, 3.8) is 0 Å². The predicted octanol–water partition coefficient (Wildman–Crippen LogP) is 7.36. The molecule has 46 heavy (non-hydrogen) atoms. The summed E-state index contributed by atoms with van der Waals surface area (Å²) in [6, 6.07) is 38.7. The Kier molecular flexibility index (Phi) is 10.5. The lowest BCUT2D eigenvalue weighted by Gasteiger charge is -2.11. The van der Waals surface area contributed by atoms with Crippen LogP contribution in [0.25, 0.3) is 11.4 Å². The maximum absolute atomic E-state index is 12.8. The molecule has 0 fully saturated rings. The first-order valence-electron chi connectivity index (χ1n) is 15.1. The zero-order chi connectivity index (χ0) is 31.6. The van der Waals surface area contributed by atoms with Crippen LogP contribution >= 0.6 is 23.5 Å². The summed E-state index contributed by atoms with van der Waals surface area (Å²) in [6.45, 7) is 0. The molecule has 0 atom stereocenters. The van der Waals surface area contributed by atoms with Crippen molar-refractivity contribution in [3.05, 3.63) is 144 Å². The van der Waals surface area contributed by atoms with Crippen molar-refractivity contribution < 1.29 is 9.59 Å². The molecule has 6 aromatic rings. The zero-order valence-corrected chi connectivity index (χ0v) is 26.7. The average molecular weight is 645 g/mol. The number of nitrogens with zero attached hydrogens (tertiary/aromatic N) is 6. The quantitative estimate of drug-likeness (QED) is 0.0650. The highest BCUT2D eigenvalue weighted by atomic mass is 32.2. The first kappa shape index (κ1) is 31.2. The van der Waals surface area contributed by atoms with E-state index in [9.17, 15) is 9.59 Å². The van der Waals surface area contributed by atoms with E-state index in [-0.39, 0.29) is 23.1 Å². The molecule has 10 heteroatoms. The highest BCUT2D eigenvalue weighted by Crippen LogP contribution is 2.26. The minimum atomic E-state index is 0.0549. The molecule has 6 rings (SSSR count). The van der Waals surface area contributed by atoms with E-state index in [2.05, 4.69) is 20.4 Å². The Labute approximate surface area is 276 Å². The van der Waals surface area contributed by atoms with Gasteiger partial charge in [-0.1, -0.05) is 121 Å². The first-order valence-corrected chi connectivity index (χ1v) is 17.1. The Morgan fingerprint density at radius 3 is 1.20 bits per heavy atom. The number of rotatable bonds is 15. The van der Waals surface area contributed by atoms with Crippen molar-refractivity contribution in [2.45, 2.75) is 36.0 Å². The Morgan fingerprint density at radius 2 is 0.826 bits per heavy atom. The van der Waals surface area contributed by atoms with E-state index in [1.165, 1.54) is 23.5 Å². The van der Waals surface area contributed by atoms with Crippen molar-refractivity contribution in [1.82, 2.24) is 29.5 Å². The van der Waals surface area contributed by atoms with Crippen LogP contribution in [0.1, 0.15) is 45.2 Å². The molecule has 0 aliphatic carbocycles. The third-order valence-electron chi connectivity index (χ3n) is 7.34. The molecule has 0 spiro atoms. The summed E-state index contributed by atoms with van der Waals surface area (Å²) in [6.07, 6.45) is 3.13. The van der Waals surface area contributed by atoms with Gasteiger partial charge in [0.1, 0.15) is 11.6 Å². The molecule has 0 bridgehead atoms. The van der Waals surface area contributed by atoms with Gasteiger partial charge in [-0.25, -0.2) is 0 Å². The van der Waals surface area contributed by atoms with Gasteiger partial charge in [-0.2, -0.15) is 0 Å². The van der Waals surface area contributed by atoms with Crippen LogP contribution in [0, 0.1) is 0 Å². The molecule has 0 aliphatic rings. The first-order chi connectivity index (χ1) is 22.7. The summed E-state index contributed by atoms with van der Waals surface area (Å²) in [5, 5.41) is 19.4. The molecule has 0 saturated heterocycles. The summed E-state index contributed by atoms with van der Waals surface area (Å²) in [4.78, 5) is 25.6. The molecule has 0 radical (unpaired) electrons. The van der Waals surface area contributed by atoms with Crippen molar-refractivity contribution in [2.75, 3.05) is 11.5 Å². The number of unbranched alkanes of at least 4 members (excludes halogenated alkanes) is 1. The number of benzene rings is 4. The lowest BCUT2D eigenvalue weighted by molar-refractivity contribution is 0.101. The van der Waals surface area contributed by atoms with Crippen LogP contribution < -0.4 is 0 Å². The Bertz CT molecular complexity index is 1740. The van der Waals surface area contributed by atoms with Crippen molar-refractivity contribution in [1.29, 1.82) is 0 Å². The Balaban J connectivity index is 1.13. The molecule has 2 heterocycles. The summed E-state index contributed by atoms with van der Waals surface area (Å²) in [5.74, 6) is 2.36. The molecule has 0 amide bonds. The van der Waals surface area contributed by atoms with E-state index in [0.29, 0.717) is 34.3 Å². The number of hydrogen-bond donors (Lipinski definition) is 0. The van der Waals surface area contributed by atoms with Crippen LogP contribution in [0.3, 0.4) is 0 Å². The van der Waals surface area contributed by atoms with Gasteiger partial charge in [-0.05, 0) is 37.1 Å². The average Bonchev–Trinajstić information content (AvgIpc) is 3.73. The highest BCUT2D eigenvalue weighted by Gasteiger charge is 2.19. The smallest absolute Gasteiger partial charge is 0.196 e. The van der Waals surface area contributed by atoms with Gasteiger partial charge in [-0.15, -0.1) is 20.4 Å². The maximum atomic E-state index is 12.8. The maximum Gasteiger partial charge on any atom is 0.196 e. The molecule has 0 N–H and O–H groups in total. The van der Waals surface area contributed by atoms with E-state index in [0.717, 1.165) is 35.9 Å². The van der Waals surface area contributed by atoms with Crippen LogP contribution in [-0.4, -0.2) is 52.6 Å². The van der Waals surface area contributed by atoms with Crippen molar-refractivity contribution in [3.8, 4) is 11.4 Å². The fourth-order valence-electron chi connectivity index (χ4n) is 5.03. The normalized spacial score (nSPS) is 11.0. The molecule has 230 valence electrons. The SMILES string of the molecule is O=C(CSc1nnc(CCCCc2nnc(SCC(=O)c3ccccc3)n2-c2ccccc2)n1-c1ccccc1)c1ccccc1. The number of ketones is 2. The predicted molar refractivity (Wildman–Crippen MR) is 182 cm³/mol. The largest absolute Gasteiger partial charge is 0.293 e. The van der Waals surface area contributed by atoms with Gasteiger partial charge in [0.05, 0.1) is 11.5 Å². The van der Waals surface area contributed by atoms with Gasteiger partial charge in [0.2, 0.25) is 0 Å². The summed E-state index contributed by atoms with van der Waals surface area (Å²) < 4.78 is 4.10. The van der Waals surface area contributed by atoms with Crippen LogP contribution in [0.5, 0.6) is 0 Å². The lowest BCUT2D eigenvalue weighted by Crippen LogP contribution is -2.07. The van der Waals surface area contributed by atoms with Gasteiger partial charge in [0, 0.05) is 35.3 Å². The molecule has 0 saturated carbocycles. The fourth-order valence-corrected chi connectivity index (χ4v) is 6.76. The number of hydrogen-bond acceptors (Lipinski definition) is 8. The second kappa shape index (κ2) is 15.5. The van der Waals surface area contributed by atoms with Gasteiger partial charge < -0.3 is 0 Å². The molecule has 2 aromatic heterocycles. The number of carbonyl (C=O) groups excluding carboxylic acids is 2. The molecular weight excluding hydrogens is 613 g/mol. The number of para-hydroxylation sites is 2.